The standard InChI is InChI=1S/C14H23N3O/c15-6-12-18-13-11-16-7-9-17(10-8-16)14-4-2-1-3-5-14/h1-5H,6-13,15H2. The molecule has 2 N–H and O–H groups in total. The van der Waals surface area contributed by atoms with Crippen LogP contribution >= 0.6 is 0 Å². The Morgan fingerprint density at radius 1 is 1.00 bits per heavy atom. The number of anilines is 1. The van der Waals surface area contributed by atoms with Crippen LogP contribution in [0.1, 0.15) is 0 Å². The Morgan fingerprint density at radius 2 is 1.72 bits per heavy atom. The molecule has 0 atom stereocenters. The number of nitrogens with two attached hydrogens (primary N) is 1. The third kappa shape index (κ3) is 3.98. The van der Waals surface area contributed by atoms with Gasteiger partial charge < -0.3 is 15.4 Å². The molecule has 18 heavy (non-hydrogen) atoms. The molecule has 1 fully saturated rings. The molecule has 0 radical (unpaired) electrons. The van der Waals surface area contributed by atoms with E-state index in [4.69, 9.17) is 10.5 Å². The fraction of sp³-hybridized carbons (Fsp3) is 0.571. The highest BCUT2D eigenvalue weighted by Crippen LogP contribution is 2.15. The average molecular weight is 249 g/mol. The molecule has 0 unspecified atom stereocenters. The van der Waals surface area contributed by atoms with Crippen molar-refractivity contribution in [1.29, 1.82) is 0 Å². The minimum atomic E-state index is 0.613. The molecular formula is C14H23N3O. The lowest BCUT2D eigenvalue weighted by molar-refractivity contribution is 0.107. The zero-order valence-electron chi connectivity index (χ0n) is 10.9. The fourth-order valence-electron chi connectivity index (χ4n) is 2.25. The maximum atomic E-state index is 5.42. The first kappa shape index (κ1) is 13.3. The zero-order valence-corrected chi connectivity index (χ0v) is 10.9. The maximum absolute atomic E-state index is 5.42. The second-order valence-electron chi connectivity index (χ2n) is 4.57. The van der Waals surface area contributed by atoms with Crippen molar-refractivity contribution in [3.63, 3.8) is 0 Å². The van der Waals surface area contributed by atoms with E-state index < -0.39 is 0 Å². The van der Waals surface area contributed by atoms with E-state index >= 15 is 0 Å². The molecule has 1 aromatic rings. The number of piperazine rings is 1. The highest BCUT2D eigenvalue weighted by atomic mass is 16.5. The van der Waals surface area contributed by atoms with Crippen LogP contribution in [0.25, 0.3) is 0 Å². The van der Waals surface area contributed by atoms with E-state index in [1.54, 1.807) is 0 Å². The molecule has 1 heterocycles. The summed E-state index contributed by atoms with van der Waals surface area (Å²) in [6, 6.07) is 10.6. The molecule has 2 rings (SSSR count). The molecule has 100 valence electrons. The SMILES string of the molecule is NCCOCCN1CCN(c2ccccc2)CC1. The monoisotopic (exact) mass is 249 g/mol. The summed E-state index contributed by atoms with van der Waals surface area (Å²) in [5.41, 5.74) is 6.72. The van der Waals surface area contributed by atoms with Gasteiger partial charge in [-0.3, -0.25) is 4.90 Å². The second kappa shape index (κ2) is 7.36. The molecule has 1 saturated heterocycles. The lowest BCUT2D eigenvalue weighted by Gasteiger charge is -2.36. The van der Waals surface area contributed by atoms with Crippen molar-refractivity contribution < 1.29 is 4.74 Å². The normalized spacial score (nSPS) is 17.1. The molecule has 1 aromatic carbocycles. The number of hydrogen-bond donors (Lipinski definition) is 1. The largest absolute Gasteiger partial charge is 0.379 e. The van der Waals surface area contributed by atoms with E-state index in [2.05, 4.69) is 40.1 Å². The van der Waals surface area contributed by atoms with Crippen molar-refractivity contribution in [3.05, 3.63) is 30.3 Å². The van der Waals surface area contributed by atoms with Crippen LogP contribution in [0.3, 0.4) is 0 Å². The summed E-state index contributed by atoms with van der Waals surface area (Å²) in [5.74, 6) is 0. The summed E-state index contributed by atoms with van der Waals surface area (Å²) in [7, 11) is 0. The molecule has 4 heteroatoms. The van der Waals surface area contributed by atoms with E-state index in [1.165, 1.54) is 5.69 Å². The predicted octanol–water partition coefficient (Wildman–Crippen LogP) is 0.784. The smallest absolute Gasteiger partial charge is 0.0594 e. The van der Waals surface area contributed by atoms with Crippen molar-refractivity contribution >= 4 is 5.69 Å². The van der Waals surface area contributed by atoms with Gasteiger partial charge in [0.05, 0.1) is 13.2 Å². The summed E-state index contributed by atoms with van der Waals surface area (Å²) >= 11 is 0. The highest BCUT2D eigenvalue weighted by Gasteiger charge is 2.16. The maximum Gasteiger partial charge on any atom is 0.0594 e. The second-order valence-corrected chi connectivity index (χ2v) is 4.57. The molecule has 0 saturated carbocycles. The number of ether oxygens (including phenoxy) is 1. The van der Waals surface area contributed by atoms with Gasteiger partial charge in [-0.25, -0.2) is 0 Å². The fourth-order valence-corrected chi connectivity index (χ4v) is 2.25. The third-order valence-corrected chi connectivity index (χ3v) is 3.31. The van der Waals surface area contributed by atoms with Gasteiger partial charge in [0.2, 0.25) is 0 Å². The Hall–Kier alpha value is -1.10. The highest BCUT2D eigenvalue weighted by molar-refractivity contribution is 5.46. The summed E-state index contributed by atoms with van der Waals surface area (Å²) < 4.78 is 5.42. The first-order chi connectivity index (χ1) is 8.90. The van der Waals surface area contributed by atoms with Crippen LogP contribution < -0.4 is 10.6 Å². The molecule has 4 nitrogen and oxygen atoms in total. The van der Waals surface area contributed by atoms with Gasteiger partial charge in [0.25, 0.3) is 0 Å². The number of nitrogens with zero attached hydrogens (tertiary/aromatic N) is 2. The zero-order chi connectivity index (χ0) is 12.6. The van der Waals surface area contributed by atoms with Gasteiger partial charge >= 0.3 is 0 Å². The third-order valence-electron chi connectivity index (χ3n) is 3.31. The van der Waals surface area contributed by atoms with Crippen LogP contribution in [0.2, 0.25) is 0 Å². The van der Waals surface area contributed by atoms with Crippen LogP contribution in [-0.2, 0) is 4.74 Å². The Labute approximate surface area is 109 Å². The van der Waals surface area contributed by atoms with E-state index in [-0.39, 0.29) is 0 Å². The quantitative estimate of drug-likeness (QED) is 0.757. The molecular weight excluding hydrogens is 226 g/mol. The van der Waals surface area contributed by atoms with Gasteiger partial charge in [-0.05, 0) is 12.1 Å². The molecule has 1 aliphatic rings. The summed E-state index contributed by atoms with van der Waals surface area (Å²) in [4.78, 5) is 4.90. The number of para-hydroxylation sites is 1. The molecule has 0 aromatic heterocycles. The lowest BCUT2D eigenvalue weighted by atomic mass is 10.2. The Bertz CT molecular complexity index is 323. The molecule has 0 aliphatic carbocycles. The van der Waals surface area contributed by atoms with Gasteiger partial charge in [0, 0.05) is 45.0 Å². The Kier molecular flexibility index (Phi) is 5.45. The van der Waals surface area contributed by atoms with Gasteiger partial charge in [0.1, 0.15) is 0 Å². The van der Waals surface area contributed by atoms with E-state index in [0.29, 0.717) is 13.2 Å². The van der Waals surface area contributed by atoms with Crippen molar-refractivity contribution in [2.75, 3.05) is 57.4 Å². The van der Waals surface area contributed by atoms with Crippen molar-refractivity contribution in [2.45, 2.75) is 0 Å². The van der Waals surface area contributed by atoms with Crippen molar-refractivity contribution in [1.82, 2.24) is 4.90 Å². The number of rotatable bonds is 6. The first-order valence-corrected chi connectivity index (χ1v) is 6.70. The van der Waals surface area contributed by atoms with Crippen molar-refractivity contribution in [2.24, 2.45) is 5.73 Å². The van der Waals surface area contributed by atoms with Crippen LogP contribution in [0.15, 0.2) is 30.3 Å². The molecule has 1 aliphatic heterocycles. The minimum Gasteiger partial charge on any atom is -0.379 e. The van der Waals surface area contributed by atoms with E-state index in [1.807, 2.05) is 0 Å². The average Bonchev–Trinajstić information content (AvgIpc) is 2.45. The van der Waals surface area contributed by atoms with Gasteiger partial charge in [-0.15, -0.1) is 0 Å². The van der Waals surface area contributed by atoms with Crippen LogP contribution in [-0.4, -0.2) is 57.4 Å². The lowest BCUT2D eigenvalue weighted by Crippen LogP contribution is -2.47. The molecule has 0 bridgehead atoms. The summed E-state index contributed by atoms with van der Waals surface area (Å²) in [6.45, 7) is 7.51. The molecule has 0 amide bonds. The molecule has 0 spiro atoms. The summed E-state index contributed by atoms with van der Waals surface area (Å²) in [5, 5.41) is 0. The topological polar surface area (TPSA) is 41.7 Å². The summed E-state index contributed by atoms with van der Waals surface area (Å²) in [6.07, 6.45) is 0. The predicted molar refractivity (Wildman–Crippen MR) is 75.0 cm³/mol. The van der Waals surface area contributed by atoms with Crippen LogP contribution in [0, 0.1) is 0 Å². The Morgan fingerprint density at radius 3 is 2.39 bits per heavy atom. The van der Waals surface area contributed by atoms with Crippen LogP contribution in [0.4, 0.5) is 5.69 Å². The van der Waals surface area contributed by atoms with E-state index in [9.17, 15) is 0 Å². The van der Waals surface area contributed by atoms with Gasteiger partial charge in [-0.1, -0.05) is 18.2 Å². The Balaban J connectivity index is 1.68. The number of hydrogen-bond acceptors (Lipinski definition) is 4. The van der Waals surface area contributed by atoms with Crippen molar-refractivity contribution in [3.8, 4) is 0 Å². The van der Waals surface area contributed by atoms with E-state index in [0.717, 1.165) is 39.3 Å². The van der Waals surface area contributed by atoms with Crippen LogP contribution in [0.5, 0.6) is 0 Å². The number of benzene rings is 1. The minimum absolute atomic E-state index is 0.613. The van der Waals surface area contributed by atoms with Gasteiger partial charge in [0.15, 0.2) is 0 Å². The first-order valence-electron chi connectivity index (χ1n) is 6.70. The van der Waals surface area contributed by atoms with Gasteiger partial charge in [-0.2, -0.15) is 0 Å².